The molecule has 1 aliphatic rings. The smallest absolute Gasteiger partial charge is 0.247 e. The van der Waals surface area contributed by atoms with Gasteiger partial charge in [-0.15, -0.1) is 11.3 Å². The van der Waals surface area contributed by atoms with E-state index in [0.29, 0.717) is 10.4 Å². The number of hydrogen-bond donors (Lipinski definition) is 0. The second kappa shape index (κ2) is 5.97. The van der Waals surface area contributed by atoms with Crippen LogP contribution in [-0.4, -0.2) is 17.4 Å². The lowest BCUT2D eigenvalue weighted by atomic mass is 10.2. The van der Waals surface area contributed by atoms with Crippen molar-refractivity contribution in [1.29, 1.82) is 0 Å². The maximum absolute atomic E-state index is 12.3. The van der Waals surface area contributed by atoms with Gasteiger partial charge in [0.1, 0.15) is 5.76 Å². The molecule has 0 radical (unpaired) electrons. The van der Waals surface area contributed by atoms with E-state index in [1.165, 1.54) is 4.88 Å². The van der Waals surface area contributed by atoms with Crippen LogP contribution in [0.25, 0.3) is 6.08 Å². The number of thiophene rings is 1. The summed E-state index contributed by atoms with van der Waals surface area (Å²) in [5.74, 6) is 0.727. The number of amides is 1. The summed E-state index contributed by atoms with van der Waals surface area (Å²) in [6.45, 7) is 0.827. The van der Waals surface area contributed by atoms with Crippen LogP contribution in [0.1, 0.15) is 29.5 Å². The number of rotatable bonds is 3. The molecule has 1 unspecified atom stereocenters. The van der Waals surface area contributed by atoms with Crippen LogP contribution in [0.2, 0.25) is 0 Å². The third-order valence-electron chi connectivity index (χ3n) is 3.39. The molecule has 1 fully saturated rings. The summed E-state index contributed by atoms with van der Waals surface area (Å²) in [6, 6.07) is 8.02. The molecular formula is C15H14BrNO2S. The van der Waals surface area contributed by atoms with E-state index in [2.05, 4.69) is 27.4 Å². The number of nitrogens with zero attached hydrogens (tertiary/aromatic N) is 1. The Morgan fingerprint density at radius 3 is 3.05 bits per heavy atom. The summed E-state index contributed by atoms with van der Waals surface area (Å²) in [5.41, 5.74) is 0. The molecule has 0 saturated carbocycles. The topological polar surface area (TPSA) is 33.5 Å². The standard InChI is InChI=1S/C15H14BrNO2S/c16-14-7-5-11(19-14)6-8-15(18)17-9-1-3-12(17)13-4-2-10-20-13/h2,4-8,10,12H,1,3,9H2/b8-6+. The van der Waals surface area contributed by atoms with Crippen molar-refractivity contribution in [3.8, 4) is 0 Å². The Balaban J connectivity index is 1.71. The van der Waals surface area contributed by atoms with Crippen molar-refractivity contribution < 1.29 is 9.21 Å². The molecule has 1 saturated heterocycles. The summed E-state index contributed by atoms with van der Waals surface area (Å²) < 4.78 is 6.03. The van der Waals surface area contributed by atoms with Crippen LogP contribution in [0.5, 0.6) is 0 Å². The molecule has 2 aromatic rings. The van der Waals surface area contributed by atoms with Gasteiger partial charge in [0.15, 0.2) is 4.67 Å². The van der Waals surface area contributed by atoms with Crippen LogP contribution in [0.3, 0.4) is 0 Å². The van der Waals surface area contributed by atoms with Gasteiger partial charge in [-0.1, -0.05) is 6.07 Å². The summed E-state index contributed by atoms with van der Waals surface area (Å²) in [5, 5.41) is 2.06. The summed E-state index contributed by atoms with van der Waals surface area (Å²) >= 11 is 4.96. The van der Waals surface area contributed by atoms with Gasteiger partial charge in [0.2, 0.25) is 5.91 Å². The second-order valence-electron chi connectivity index (χ2n) is 4.68. The molecule has 1 amide bonds. The maximum atomic E-state index is 12.3. The molecule has 5 heteroatoms. The number of halogens is 1. The maximum Gasteiger partial charge on any atom is 0.247 e. The average Bonchev–Trinajstić information content (AvgIpc) is 3.16. The van der Waals surface area contributed by atoms with Crippen molar-refractivity contribution in [2.24, 2.45) is 0 Å². The minimum atomic E-state index is 0.0495. The fourth-order valence-electron chi connectivity index (χ4n) is 2.47. The van der Waals surface area contributed by atoms with Crippen LogP contribution >= 0.6 is 27.3 Å². The molecule has 3 heterocycles. The summed E-state index contributed by atoms with van der Waals surface area (Å²) in [6.07, 6.45) is 5.43. The quantitative estimate of drug-likeness (QED) is 0.763. The van der Waals surface area contributed by atoms with Gasteiger partial charge >= 0.3 is 0 Å². The molecule has 1 atom stereocenters. The fourth-order valence-corrected chi connectivity index (χ4v) is 3.67. The molecule has 2 aromatic heterocycles. The highest BCUT2D eigenvalue weighted by molar-refractivity contribution is 9.10. The van der Waals surface area contributed by atoms with Crippen LogP contribution in [0.4, 0.5) is 0 Å². The molecule has 1 aliphatic heterocycles. The predicted molar refractivity (Wildman–Crippen MR) is 83.4 cm³/mol. The molecule has 0 bridgehead atoms. The van der Waals surface area contributed by atoms with Gasteiger partial charge in [-0.25, -0.2) is 0 Å². The predicted octanol–water partition coefficient (Wildman–Crippen LogP) is 4.48. The number of furan rings is 1. The van der Waals surface area contributed by atoms with E-state index in [1.54, 1.807) is 23.5 Å². The Morgan fingerprint density at radius 1 is 1.45 bits per heavy atom. The van der Waals surface area contributed by atoms with Crippen LogP contribution in [-0.2, 0) is 4.79 Å². The van der Waals surface area contributed by atoms with Crippen molar-refractivity contribution in [3.63, 3.8) is 0 Å². The van der Waals surface area contributed by atoms with E-state index in [9.17, 15) is 4.79 Å². The molecule has 104 valence electrons. The van der Waals surface area contributed by atoms with Crippen LogP contribution in [0.15, 0.2) is 44.8 Å². The zero-order chi connectivity index (χ0) is 13.9. The zero-order valence-electron chi connectivity index (χ0n) is 10.8. The highest BCUT2D eigenvalue weighted by Crippen LogP contribution is 2.34. The molecule has 0 spiro atoms. The van der Waals surface area contributed by atoms with E-state index in [0.717, 1.165) is 19.4 Å². The van der Waals surface area contributed by atoms with Gasteiger partial charge in [0.25, 0.3) is 0 Å². The number of hydrogen-bond acceptors (Lipinski definition) is 3. The molecule has 0 N–H and O–H groups in total. The average molecular weight is 352 g/mol. The SMILES string of the molecule is O=C(/C=C/c1ccc(Br)o1)N1CCCC1c1cccs1. The van der Waals surface area contributed by atoms with E-state index in [4.69, 9.17) is 4.42 Å². The van der Waals surface area contributed by atoms with Crippen LogP contribution in [0, 0.1) is 0 Å². The third-order valence-corrected chi connectivity index (χ3v) is 4.79. The highest BCUT2D eigenvalue weighted by Gasteiger charge is 2.29. The number of likely N-dealkylation sites (tertiary alicyclic amines) is 1. The number of carbonyl (C=O) groups excluding carboxylic acids is 1. The monoisotopic (exact) mass is 351 g/mol. The van der Waals surface area contributed by atoms with Gasteiger partial charge in [0, 0.05) is 17.5 Å². The van der Waals surface area contributed by atoms with E-state index in [1.807, 2.05) is 23.1 Å². The normalized spacial score (nSPS) is 19.1. The fraction of sp³-hybridized carbons (Fsp3) is 0.267. The van der Waals surface area contributed by atoms with E-state index in [-0.39, 0.29) is 11.9 Å². The molecular weight excluding hydrogens is 338 g/mol. The van der Waals surface area contributed by atoms with Crippen molar-refractivity contribution in [3.05, 3.63) is 51.0 Å². The Morgan fingerprint density at radius 2 is 2.35 bits per heavy atom. The van der Waals surface area contributed by atoms with Crippen molar-refractivity contribution in [2.75, 3.05) is 6.54 Å². The Bertz CT molecular complexity index is 618. The minimum Gasteiger partial charge on any atom is -0.450 e. The summed E-state index contributed by atoms with van der Waals surface area (Å²) in [4.78, 5) is 15.5. The summed E-state index contributed by atoms with van der Waals surface area (Å²) in [7, 11) is 0. The zero-order valence-corrected chi connectivity index (χ0v) is 13.2. The minimum absolute atomic E-state index is 0.0495. The lowest BCUT2D eigenvalue weighted by Gasteiger charge is -2.22. The number of carbonyl (C=O) groups is 1. The first-order chi connectivity index (χ1) is 9.74. The van der Waals surface area contributed by atoms with Crippen molar-refractivity contribution >= 4 is 39.2 Å². The molecule has 3 nitrogen and oxygen atoms in total. The Kier molecular flexibility index (Phi) is 4.08. The molecule has 0 aromatic carbocycles. The molecule has 0 aliphatic carbocycles. The Hall–Kier alpha value is -1.33. The first kappa shape index (κ1) is 13.6. The van der Waals surface area contributed by atoms with E-state index < -0.39 is 0 Å². The van der Waals surface area contributed by atoms with Crippen molar-refractivity contribution in [1.82, 2.24) is 4.90 Å². The van der Waals surface area contributed by atoms with Gasteiger partial charge < -0.3 is 9.32 Å². The van der Waals surface area contributed by atoms with Crippen molar-refractivity contribution in [2.45, 2.75) is 18.9 Å². The van der Waals surface area contributed by atoms with Gasteiger partial charge in [-0.05, 0) is 58.4 Å². The van der Waals surface area contributed by atoms with Crippen LogP contribution < -0.4 is 0 Å². The lowest BCUT2D eigenvalue weighted by Crippen LogP contribution is -2.28. The van der Waals surface area contributed by atoms with Gasteiger partial charge in [-0.2, -0.15) is 0 Å². The second-order valence-corrected chi connectivity index (χ2v) is 6.44. The molecule has 20 heavy (non-hydrogen) atoms. The first-order valence-corrected chi connectivity index (χ1v) is 8.19. The first-order valence-electron chi connectivity index (χ1n) is 6.51. The lowest BCUT2D eigenvalue weighted by molar-refractivity contribution is -0.126. The van der Waals surface area contributed by atoms with Gasteiger partial charge in [0.05, 0.1) is 6.04 Å². The Labute approximate surface area is 130 Å². The molecule has 3 rings (SSSR count). The highest BCUT2D eigenvalue weighted by atomic mass is 79.9. The largest absolute Gasteiger partial charge is 0.450 e. The van der Waals surface area contributed by atoms with E-state index >= 15 is 0 Å². The third kappa shape index (κ3) is 2.88. The van der Waals surface area contributed by atoms with Gasteiger partial charge in [-0.3, -0.25) is 4.79 Å².